The standard InChI is InChI=1S/C22H21ClN2O5S/c1-3-20(26)24-21-17(15-8-5-9-16(23)14-15)10-6-12-19(21)31(28,29)25-13-7-11-18(25)22(27)30-4-2/h5-14H,3-4H2,1-2H3,(H,24,26). The molecule has 1 N–H and O–H groups in total. The average molecular weight is 461 g/mol. The van der Waals surface area contributed by atoms with Gasteiger partial charge in [-0.25, -0.2) is 17.2 Å². The first-order chi connectivity index (χ1) is 14.8. The molecule has 0 spiro atoms. The Morgan fingerprint density at radius 1 is 1.06 bits per heavy atom. The summed E-state index contributed by atoms with van der Waals surface area (Å²) in [5.41, 5.74) is 1.09. The van der Waals surface area contributed by atoms with E-state index in [1.807, 2.05) is 0 Å². The third-order valence-corrected chi connectivity index (χ3v) is 6.45. The molecule has 0 atom stereocenters. The minimum Gasteiger partial charge on any atom is -0.461 e. The third kappa shape index (κ3) is 4.65. The normalized spacial score (nSPS) is 11.2. The highest BCUT2D eigenvalue weighted by Gasteiger charge is 2.28. The molecule has 3 rings (SSSR count). The highest BCUT2D eigenvalue weighted by Crippen LogP contribution is 2.36. The zero-order valence-electron chi connectivity index (χ0n) is 17.0. The first kappa shape index (κ1) is 22.6. The van der Waals surface area contributed by atoms with E-state index in [-0.39, 0.29) is 35.2 Å². The summed E-state index contributed by atoms with van der Waals surface area (Å²) in [4.78, 5) is 24.3. The summed E-state index contributed by atoms with van der Waals surface area (Å²) in [5, 5.41) is 3.16. The topological polar surface area (TPSA) is 94.5 Å². The van der Waals surface area contributed by atoms with Crippen LogP contribution in [0.4, 0.5) is 5.69 Å². The molecule has 162 valence electrons. The van der Waals surface area contributed by atoms with Crippen LogP contribution in [0, 0.1) is 0 Å². The van der Waals surface area contributed by atoms with Gasteiger partial charge in [-0.05, 0) is 42.8 Å². The van der Waals surface area contributed by atoms with E-state index >= 15 is 0 Å². The minimum atomic E-state index is -4.25. The second-order valence-electron chi connectivity index (χ2n) is 6.51. The molecule has 7 nitrogen and oxygen atoms in total. The average Bonchev–Trinajstić information content (AvgIpc) is 3.25. The Bertz CT molecular complexity index is 1230. The number of halogens is 1. The maximum absolute atomic E-state index is 13.5. The summed E-state index contributed by atoms with van der Waals surface area (Å²) in [5.74, 6) is -1.12. The van der Waals surface area contributed by atoms with Crippen molar-refractivity contribution in [3.63, 3.8) is 0 Å². The van der Waals surface area contributed by atoms with Crippen LogP contribution in [0.2, 0.25) is 5.02 Å². The lowest BCUT2D eigenvalue weighted by molar-refractivity contribution is -0.115. The maximum Gasteiger partial charge on any atom is 0.355 e. The smallest absolute Gasteiger partial charge is 0.355 e. The number of anilines is 1. The van der Waals surface area contributed by atoms with Gasteiger partial charge in [-0.2, -0.15) is 0 Å². The van der Waals surface area contributed by atoms with Crippen LogP contribution in [0.3, 0.4) is 0 Å². The molecule has 0 aliphatic rings. The van der Waals surface area contributed by atoms with Crippen LogP contribution >= 0.6 is 11.6 Å². The first-order valence-electron chi connectivity index (χ1n) is 9.58. The largest absolute Gasteiger partial charge is 0.461 e. The number of hydrogen-bond donors (Lipinski definition) is 1. The number of carbonyl (C=O) groups excluding carboxylic acids is 2. The van der Waals surface area contributed by atoms with Crippen molar-refractivity contribution < 1.29 is 22.7 Å². The SMILES string of the molecule is CCOC(=O)c1cccn1S(=O)(=O)c1cccc(-c2cccc(Cl)c2)c1NC(=O)CC. The van der Waals surface area contributed by atoms with E-state index in [4.69, 9.17) is 16.3 Å². The van der Waals surface area contributed by atoms with E-state index in [9.17, 15) is 18.0 Å². The summed E-state index contributed by atoms with van der Waals surface area (Å²) in [6.45, 7) is 3.40. The molecule has 31 heavy (non-hydrogen) atoms. The van der Waals surface area contributed by atoms with Crippen molar-refractivity contribution in [2.75, 3.05) is 11.9 Å². The Labute approximate surface area is 185 Å². The van der Waals surface area contributed by atoms with Gasteiger partial charge in [0.25, 0.3) is 10.0 Å². The van der Waals surface area contributed by atoms with Crippen molar-refractivity contribution in [3.8, 4) is 11.1 Å². The Morgan fingerprint density at radius 2 is 1.81 bits per heavy atom. The van der Waals surface area contributed by atoms with Gasteiger partial charge in [0.1, 0.15) is 10.6 Å². The van der Waals surface area contributed by atoms with E-state index in [2.05, 4.69) is 5.32 Å². The van der Waals surface area contributed by atoms with E-state index in [1.165, 1.54) is 24.4 Å². The molecule has 2 aromatic carbocycles. The fourth-order valence-electron chi connectivity index (χ4n) is 3.04. The van der Waals surface area contributed by atoms with Gasteiger partial charge >= 0.3 is 5.97 Å². The van der Waals surface area contributed by atoms with Crippen molar-refractivity contribution in [2.24, 2.45) is 0 Å². The predicted molar refractivity (Wildman–Crippen MR) is 119 cm³/mol. The number of nitrogens with one attached hydrogen (secondary N) is 1. The lowest BCUT2D eigenvalue weighted by atomic mass is 10.0. The number of nitrogens with zero attached hydrogens (tertiary/aromatic N) is 1. The van der Waals surface area contributed by atoms with Gasteiger partial charge in [0.15, 0.2) is 0 Å². The van der Waals surface area contributed by atoms with Crippen LogP contribution in [0.5, 0.6) is 0 Å². The molecule has 0 saturated heterocycles. The molecule has 0 radical (unpaired) electrons. The third-order valence-electron chi connectivity index (χ3n) is 4.48. The van der Waals surface area contributed by atoms with E-state index in [1.54, 1.807) is 50.2 Å². The van der Waals surface area contributed by atoms with Crippen LogP contribution in [-0.2, 0) is 19.6 Å². The van der Waals surface area contributed by atoms with Crippen LogP contribution in [0.15, 0.2) is 65.7 Å². The monoisotopic (exact) mass is 460 g/mol. The molecule has 0 saturated carbocycles. The van der Waals surface area contributed by atoms with Gasteiger partial charge in [0.2, 0.25) is 5.91 Å². The zero-order chi connectivity index (χ0) is 22.6. The fourth-order valence-corrected chi connectivity index (χ4v) is 4.74. The Morgan fingerprint density at radius 3 is 2.48 bits per heavy atom. The summed E-state index contributed by atoms with van der Waals surface area (Å²) in [7, 11) is -4.25. The van der Waals surface area contributed by atoms with Gasteiger partial charge in [0.05, 0.1) is 12.3 Å². The van der Waals surface area contributed by atoms with E-state index < -0.39 is 16.0 Å². The molecule has 3 aromatic rings. The molecule has 0 unspecified atom stereocenters. The van der Waals surface area contributed by atoms with E-state index in [0.717, 1.165) is 3.97 Å². The quantitative estimate of drug-likeness (QED) is 0.521. The van der Waals surface area contributed by atoms with Crippen molar-refractivity contribution in [1.29, 1.82) is 0 Å². The van der Waals surface area contributed by atoms with Crippen molar-refractivity contribution in [3.05, 3.63) is 71.5 Å². The van der Waals surface area contributed by atoms with Gasteiger partial charge in [-0.1, -0.05) is 42.8 Å². The van der Waals surface area contributed by atoms with Gasteiger partial charge in [0, 0.05) is 23.2 Å². The molecule has 1 aromatic heterocycles. The molecular formula is C22H21ClN2O5S. The highest BCUT2D eigenvalue weighted by atomic mass is 35.5. The second-order valence-corrected chi connectivity index (χ2v) is 8.73. The zero-order valence-corrected chi connectivity index (χ0v) is 18.5. The van der Waals surface area contributed by atoms with Crippen LogP contribution in [-0.4, -0.2) is 30.9 Å². The summed E-state index contributed by atoms with van der Waals surface area (Å²) < 4.78 is 32.9. The summed E-state index contributed by atoms with van der Waals surface area (Å²) in [6, 6.07) is 14.3. The van der Waals surface area contributed by atoms with E-state index in [0.29, 0.717) is 16.1 Å². The Hall–Kier alpha value is -3.10. The number of benzene rings is 2. The minimum absolute atomic E-state index is 0.103. The molecule has 1 heterocycles. The van der Waals surface area contributed by atoms with Crippen LogP contribution in [0.25, 0.3) is 11.1 Å². The highest BCUT2D eigenvalue weighted by molar-refractivity contribution is 7.90. The van der Waals surface area contributed by atoms with Crippen molar-refractivity contribution >= 4 is 39.2 Å². The second kappa shape index (κ2) is 9.36. The number of ether oxygens (including phenoxy) is 1. The van der Waals surface area contributed by atoms with Crippen molar-refractivity contribution in [2.45, 2.75) is 25.2 Å². The number of esters is 1. The molecule has 0 aliphatic heterocycles. The molecular weight excluding hydrogens is 440 g/mol. The summed E-state index contributed by atoms with van der Waals surface area (Å²) in [6.07, 6.45) is 1.42. The summed E-state index contributed by atoms with van der Waals surface area (Å²) >= 11 is 6.12. The van der Waals surface area contributed by atoms with Crippen LogP contribution in [0.1, 0.15) is 30.8 Å². The first-order valence-corrected chi connectivity index (χ1v) is 11.4. The number of para-hydroxylation sites is 1. The Balaban J connectivity index is 2.24. The number of amides is 1. The molecule has 0 aliphatic carbocycles. The number of aromatic nitrogens is 1. The van der Waals surface area contributed by atoms with Gasteiger partial charge in [-0.3, -0.25) is 4.79 Å². The molecule has 0 bridgehead atoms. The van der Waals surface area contributed by atoms with Gasteiger partial charge in [-0.15, -0.1) is 0 Å². The number of carbonyl (C=O) groups is 2. The molecule has 9 heteroatoms. The molecule has 0 fully saturated rings. The van der Waals surface area contributed by atoms with Gasteiger partial charge < -0.3 is 10.1 Å². The maximum atomic E-state index is 13.5. The number of hydrogen-bond acceptors (Lipinski definition) is 5. The molecule has 1 amide bonds. The van der Waals surface area contributed by atoms with Crippen molar-refractivity contribution in [1.82, 2.24) is 3.97 Å². The fraction of sp³-hybridized carbons (Fsp3) is 0.182. The number of rotatable bonds is 7. The lowest BCUT2D eigenvalue weighted by Gasteiger charge is -2.18. The predicted octanol–water partition coefficient (Wildman–Crippen LogP) is 4.57. The lowest BCUT2D eigenvalue weighted by Crippen LogP contribution is -2.21. The Kier molecular flexibility index (Phi) is 6.82. The van der Waals surface area contributed by atoms with Crippen LogP contribution < -0.4 is 5.32 Å².